The molecular formula is C25H26FN3O3S. The van der Waals surface area contributed by atoms with Crippen molar-refractivity contribution < 1.29 is 18.8 Å². The van der Waals surface area contributed by atoms with E-state index in [4.69, 9.17) is 0 Å². The summed E-state index contributed by atoms with van der Waals surface area (Å²) in [6.45, 7) is 5.15. The fraction of sp³-hybridized carbons (Fsp3) is 0.240. The van der Waals surface area contributed by atoms with Crippen LogP contribution in [0.5, 0.6) is 0 Å². The largest absolute Gasteiger partial charge is 0.349 e. The van der Waals surface area contributed by atoms with Crippen LogP contribution in [0.4, 0.5) is 10.1 Å². The van der Waals surface area contributed by atoms with Gasteiger partial charge in [0.15, 0.2) is 0 Å². The molecule has 1 aromatic heterocycles. The number of hydrogen-bond donors (Lipinski definition) is 2. The van der Waals surface area contributed by atoms with Crippen LogP contribution in [-0.4, -0.2) is 29.8 Å². The van der Waals surface area contributed by atoms with Crippen molar-refractivity contribution in [2.24, 2.45) is 0 Å². The van der Waals surface area contributed by atoms with Crippen molar-refractivity contribution in [1.29, 1.82) is 0 Å². The summed E-state index contributed by atoms with van der Waals surface area (Å²) in [4.78, 5) is 40.9. The summed E-state index contributed by atoms with van der Waals surface area (Å²) in [5, 5.41) is 7.27. The van der Waals surface area contributed by atoms with Gasteiger partial charge in [0.2, 0.25) is 11.8 Å². The first-order valence-electron chi connectivity index (χ1n) is 10.4. The van der Waals surface area contributed by atoms with E-state index in [0.29, 0.717) is 10.4 Å². The summed E-state index contributed by atoms with van der Waals surface area (Å²) >= 11 is 1.25. The van der Waals surface area contributed by atoms with E-state index in [0.717, 1.165) is 0 Å². The van der Waals surface area contributed by atoms with Gasteiger partial charge in [0.1, 0.15) is 11.9 Å². The minimum absolute atomic E-state index is 0.211. The lowest BCUT2D eigenvalue weighted by Gasteiger charge is -2.34. The predicted octanol–water partition coefficient (Wildman–Crippen LogP) is 4.31. The molecule has 1 heterocycles. The van der Waals surface area contributed by atoms with Gasteiger partial charge in [0, 0.05) is 11.2 Å². The minimum Gasteiger partial charge on any atom is -0.349 e. The van der Waals surface area contributed by atoms with Gasteiger partial charge >= 0.3 is 0 Å². The zero-order valence-electron chi connectivity index (χ0n) is 18.7. The second kappa shape index (κ2) is 10.4. The highest BCUT2D eigenvalue weighted by Gasteiger charge is 2.34. The molecule has 6 nitrogen and oxygen atoms in total. The third-order valence-electron chi connectivity index (χ3n) is 4.62. The quantitative estimate of drug-likeness (QED) is 0.544. The molecule has 8 heteroatoms. The first-order chi connectivity index (χ1) is 15.7. The van der Waals surface area contributed by atoms with Crippen molar-refractivity contribution >= 4 is 34.7 Å². The molecule has 3 amide bonds. The van der Waals surface area contributed by atoms with Crippen LogP contribution in [0.25, 0.3) is 0 Å². The molecule has 3 rings (SSSR count). The summed E-state index contributed by atoms with van der Waals surface area (Å²) in [5.41, 5.74) is 0.207. The summed E-state index contributed by atoms with van der Waals surface area (Å²) in [6, 6.07) is 16.6. The Kier molecular flexibility index (Phi) is 7.60. The van der Waals surface area contributed by atoms with Crippen molar-refractivity contribution in [1.82, 2.24) is 10.6 Å². The second-order valence-corrected chi connectivity index (χ2v) is 9.40. The van der Waals surface area contributed by atoms with Crippen molar-refractivity contribution in [3.8, 4) is 0 Å². The molecule has 0 saturated carbocycles. The first-order valence-corrected chi connectivity index (χ1v) is 11.3. The number of thiophene rings is 1. The Labute approximate surface area is 196 Å². The van der Waals surface area contributed by atoms with E-state index in [1.807, 2.05) is 20.8 Å². The molecule has 0 bridgehead atoms. The number of anilines is 1. The Morgan fingerprint density at radius 3 is 2.33 bits per heavy atom. The Hall–Kier alpha value is -3.52. The topological polar surface area (TPSA) is 78.5 Å². The van der Waals surface area contributed by atoms with Gasteiger partial charge in [-0.15, -0.1) is 11.3 Å². The van der Waals surface area contributed by atoms with E-state index in [1.54, 1.807) is 53.9 Å². The second-order valence-electron chi connectivity index (χ2n) is 8.46. The van der Waals surface area contributed by atoms with Gasteiger partial charge in [0.05, 0.1) is 11.4 Å². The molecule has 33 heavy (non-hydrogen) atoms. The maximum absolute atomic E-state index is 14.1. The molecule has 3 aromatic rings. The lowest BCUT2D eigenvalue weighted by molar-refractivity contribution is -0.127. The van der Waals surface area contributed by atoms with Crippen molar-refractivity contribution in [2.75, 3.05) is 11.4 Å². The van der Waals surface area contributed by atoms with Crippen LogP contribution in [0, 0.1) is 5.82 Å². The van der Waals surface area contributed by atoms with Crippen LogP contribution in [0.2, 0.25) is 0 Å². The number of halogens is 1. The fourth-order valence-corrected chi connectivity index (χ4v) is 3.93. The molecule has 0 unspecified atom stereocenters. The zero-order chi connectivity index (χ0) is 24.0. The van der Waals surface area contributed by atoms with Gasteiger partial charge in [-0.25, -0.2) is 4.39 Å². The monoisotopic (exact) mass is 467 g/mol. The molecule has 0 aliphatic heterocycles. The van der Waals surface area contributed by atoms with Gasteiger partial charge in [-0.2, -0.15) is 0 Å². The van der Waals surface area contributed by atoms with Crippen LogP contribution in [0.3, 0.4) is 0 Å². The number of carbonyl (C=O) groups excluding carboxylic acids is 3. The molecule has 0 fully saturated rings. The number of nitrogens with one attached hydrogen (secondary N) is 2. The minimum atomic E-state index is -1.07. The average molecular weight is 468 g/mol. The number of hydrogen-bond acceptors (Lipinski definition) is 4. The van der Waals surface area contributed by atoms with E-state index in [-0.39, 0.29) is 12.2 Å². The molecule has 1 atom stereocenters. The van der Waals surface area contributed by atoms with E-state index in [9.17, 15) is 18.8 Å². The maximum Gasteiger partial charge on any atom is 0.261 e. The molecule has 0 spiro atoms. The van der Waals surface area contributed by atoms with Gasteiger partial charge in [-0.3, -0.25) is 19.3 Å². The summed E-state index contributed by atoms with van der Waals surface area (Å²) in [7, 11) is 0. The maximum atomic E-state index is 14.1. The highest BCUT2D eigenvalue weighted by Crippen LogP contribution is 2.29. The Bertz CT molecular complexity index is 1110. The van der Waals surface area contributed by atoms with Crippen LogP contribution in [0.15, 0.2) is 72.1 Å². The van der Waals surface area contributed by atoms with Gasteiger partial charge < -0.3 is 10.6 Å². The zero-order valence-corrected chi connectivity index (χ0v) is 19.5. The smallest absolute Gasteiger partial charge is 0.261 e. The molecule has 0 saturated heterocycles. The van der Waals surface area contributed by atoms with E-state index >= 15 is 0 Å². The fourth-order valence-electron chi connectivity index (χ4n) is 3.29. The standard InChI is InChI=1S/C25H26FN3O3S/c1-25(2,3)28-24(32)22(17-9-5-4-6-10-17)29(19-12-7-11-18(26)15-19)21(30)16-27-23(31)20-13-8-14-33-20/h4-15,22H,16H2,1-3H3,(H,27,31)(H,28,32)/t22-/m0/s1. The van der Waals surface area contributed by atoms with E-state index in [2.05, 4.69) is 10.6 Å². The molecule has 172 valence electrons. The van der Waals surface area contributed by atoms with Gasteiger partial charge in [-0.1, -0.05) is 42.5 Å². The number of rotatable bonds is 7. The highest BCUT2D eigenvalue weighted by atomic mass is 32.1. The molecule has 0 aliphatic rings. The lowest BCUT2D eigenvalue weighted by Crippen LogP contribution is -2.51. The van der Waals surface area contributed by atoms with Crippen molar-refractivity contribution in [3.05, 3.63) is 88.4 Å². The molecule has 2 aromatic carbocycles. The summed E-state index contributed by atoms with van der Waals surface area (Å²) in [5.74, 6) is -1.91. The molecule has 2 N–H and O–H groups in total. The predicted molar refractivity (Wildman–Crippen MR) is 128 cm³/mol. The van der Waals surface area contributed by atoms with Crippen LogP contribution in [0.1, 0.15) is 42.0 Å². The van der Waals surface area contributed by atoms with Crippen molar-refractivity contribution in [2.45, 2.75) is 32.4 Å². The Balaban J connectivity index is 2.00. The molecule has 0 aliphatic carbocycles. The third-order valence-corrected chi connectivity index (χ3v) is 5.49. The summed E-state index contributed by atoms with van der Waals surface area (Å²) < 4.78 is 14.1. The van der Waals surface area contributed by atoms with E-state index in [1.165, 1.54) is 34.4 Å². The van der Waals surface area contributed by atoms with E-state index < -0.39 is 35.1 Å². The Morgan fingerprint density at radius 1 is 1.00 bits per heavy atom. The van der Waals surface area contributed by atoms with Gasteiger partial charge in [-0.05, 0) is 56.0 Å². The normalized spacial score (nSPS) is 12.0. The SMILES string of the molecule is CC(C)(C)NC(=O)[C@H](c1ccccc1)N(C(=O)CNC(=O)c1cccs1)c1cccc(F)c1. The van der Waals surface area contributed by atoms with Crippen LogP contribution in [-0.2, 0) is 9.59 Å². The van der Waals surface area contributed by atoms with Crippen molar-refractivity contribution in [3.63, 3.8) is 0 Å². The molecule has 0 radical (unpaired) electrons. The van der Waals surface area contributed by atoms with Gasteiger partial charge in [0.25, 0.3) is 5.91 Å². The molecular weight excluding hydrogens is 441 g/mol. The average Bonchev–Trinajstić information content (AvgIpc) is 3.30. The van der Waals surface area contributed by atoms with Crippen LogP contribution < -0.4 is 15.5 Å². The number of nitrogens with zero attached hydrogens (tertiary/aromatic N) is 1. The van der Waals surface area contributed by atoms with Crippen LogP contribution >= 0.6 is 11.3 Å². The third kappa shape index (κ3) is 6.49. The number of carbonyl (C=O) groups is 3. The Morgan fingerprint density at radius 2 is 1.73 bits per heavy atom. The lowest BCUT2D eigenvalue weighted by atomic mass is 10.0. The first kappa shape index (κ1) is 24.1. The number of benzene rings is 2. The number of amides is 3. The summed E-state index contributed by atoms with van der Waals surface area (Å²) in [6.07, 6.45) is 0. The highest BCUT2D eigenvalue weighted by molar-refractivity contribution is 7.12.